The van der Waals surface area contributed by atoms with Crippen molar-refractivity contribution in [2.24, 2.45) is 11.8 Å². The van der Waals surface area contributed by atoms with Crippen LogP contribution >= 0.6 is 70.6 Å². The third-order valence-electron chi connectivity index (χ3n) is 14.6. The first-order chi connectivity index (χ1) is 40.8. The fraction of sp³-hybridized carbons (Fsp3) is 0.188. The maximum absolute atomic E-state index is 15.2. The van der Waals surface area contributed by atoms with Gasteiger partial charge in [-0.25, -0.2) is 19.2 Å². The summed E-state index contributed by atoms with van der Waals surface area (Å²) in [5, 5.41) is 0. The van der Waals surface area contributed by atoms with Crippen LogP contribution < -0.4 is 0 Å². The molecule has 4 aliphatic heterocycles. The number of likely N-dealkylation sites (N-methyl/N-ethyl adjacent to an activating group) is 2. The maximum atomic E-state index is 15.2. The molecule has 0 spiro atoms. The average molecular weight is 1230 g/mol. The summed E-state index contributed by atoms with van der Waals surface area (Å²) in [4.78, 5) is 93.8. The molecule has 20 heteroatoms. The highest BCUT2D eigenvalue weighted by Crippen LogP contribution is 2.56. The van der Waals surface area contributed by atoms with Crippen LogP contribution in [0, 0.1) is 11.8 Å². The second-order valence-electron chi connectivity index (χ2n) is 19.8. The monoisotopic (exact) mass is 1230 g/mol. The third-order valence-corrected chi connectivity index (χ3v) is 19.6. The number of allylic oxidation sites excluding steroid dienone is 6. The number of amides is 2. The summed E-state index contributed by atoms with van der Waals surface area (Å²) in [5.74, 6) is -5.47. The van der Waals surface area contributed by atoms with Crippen molar-refractivity contribution in [1.29, 1.82) is 0 Å². The highest BCUT2D eigenvalue weighted by atomic mass is 32.2. The predicted molar refractivity (Wildman–Crippen MR) is 329 cm³/mol. The fourth-order valence-corrected chi connectivity index (χ4v) is 15.6. The summed E-state index contributed by atoms with van der Waals surface area (Å²) in [6.45, 7) is 3.59. The van der Waals surface area contributed by atoms with Crippen molar-refractivity contribution in [3.05, 3.63) is 232 Å². The largest absolute Gasteiger partial charge is 0.459 e. The summed E-state index contributed by atoms with van der Waals surface area (Å²) in [6, 6.07) is 39.4. The number of fused-ring (bicyclic) bond motifs is 7. The van der Waals surface area contributed by atoms with Gasteiger partial charge in [0.15, 0.2) is 0 Å². The number of carbonyl (C=O) groups is 6. The van der Waals surface area contributed by atoms with Crippen molar-refractivity contribution in [1.82, 2.24) is 9.80 Å². The average Bonchev–Trinajstić information content (AvgIpc) is 1.40. The number of hydrogen-bond donors (Lipinski definition) is 0. The topological polar surface area (TPSA) is 164 Å². The van der Waals surface area contributed by atoms with Crippen molar-refractivity contribution >= 4 is 138 Å². The van der Waals surface area contributed by atoms with E-state index in [1.165, 1.54) is 32.5 Å². The van der Waals surface area contributed by atoms with E-state index in [9.17, 15) is 9.59 Å². The van der Waals surface area contributed by atoms with E-state index in [2.05, 4.69) is 0 Å². The minimum Gasteiger partial charge on any atom is -0.459 e. The Morgan fingerprint density at radius 1 is 0.500 bits per heavy atom. The summed E-state index contributed by atoms with van der Waals surface area (Å²) < 4.78 is 38.9. The molecule has 2 amide bonds. The molecule has 12 rings (SSSR count). The minimum atomic E-state index is -2.52. The van der Waals surface area contributed by atoms with Crippen LogP contribution in [0.15, 0.2) is 179 Å². The van der Waals surface area contributed by atoms with Crippen molar-refractivity contribution in [2.75, 3.05) is 13.1 Å². The minimum absolute atomic E-state index is 0.129. The Hall–Kier alpha value is -7.98. The molecule has 4 aromatic carbocycles. The standard InChI is InChI=1S/C64H48N2O12S6/c1-3-65-55(67)51(83-61(65)79)31-43-29-47-53(81-43)45-25-41-28-50-46(26-42(41)27-49(45)77-63(47,57(69)73-33-37-17-9-5-10-18-37)58(70)74-34-38-19-11-6-12-20-38)54-48(30-44(82-54)32-52-56(68)66(4-2)62(80)84-52)64(78-50,59(71)75-35-39-21-13-7-14-22-39)60(72)76-36-40-23-15-8-16-24-40/h5-32,41-42H,3-4,33-36H2,1-2H3/b51-31-,52-32+. The Labute approximate surface area is 510 Å². The van der Waals surface area contributed by atoms with Crippen molar-refractivity contribution in [2.45, 2.75) is 51.5 Å². The van der Waals surface area contributed by atoms with Crippen LogP contribution in [0.1, 0.15) is 66.7 Å². The number of nitrogens with zero attached hydrogens (tertiary/aromatic N) is 2. The third kappa shape index (κ3) is 10.5. The zero-order chi connectivity index (χ0) is 58.3. The van der Waals surface area contributed by atoms with Gasteiger partial charge in [-0.15, -0.1) is 22.7 Å². The van der Waals surface area contributed by atoms with Gasteiger partial charge in [-0.05, 0) is 72.5 Å². The summed E-state index contributed by atoms with van der Waals surface area (Å²) in [7, 11) is 0. The van der Waals surface area contributed by atoms with Crippen LogP contribution in [0.3, 0.4) is 0 Å². The molecule has 0 radical (unpaired) electrons. The van der Waals surface area contributed by atoms with E-state index in [0.717, 1.165) is 23.5 Å². The van der Waals surface area contributed by atoms with Crippen LogP contribution in [0.4, 0.5) is 0 Å². The molecule has 6 heterocycles. The summed E-state index contributed by atoms with van der Waals surface area (Å²) in [6.07, 6.45) is 10.8. The molecule has 422 valence electrons. The smallest absolute Gasteiger partial charge is 0.367 e. The molecule has 6 aliphatic rings. The zero-order valence-corrected chi connectivity index (χ0v) is 49.7. The molecule has 6 aromatic rings. The lowest BCUT2D eigenvalue weighted by Crippen LogP contribution is -2.51. The van der Waals surface area contributed by atoms with Crippen molar-refractivity contribution in [3.63, 3.8) is 0 Å². The van der Waals surface area contributed by atoms with E-state index in [-0.39, 0.29) is 60.9 Å². The van der Waals surface area contributed by atoms with Gasteiger partial charge in [-0.3, -0.25) is 19.4 Å². The SMILES string of the molecule is CCN1C(=O)/C(=C/c2cc3c(s2)C2=CC4C=C5OC(C(=O)OCc6ccccc6)(C(=O)OCc6ccccc6)c6cc(/C=C7/SC(=S)N(CC)C7=O)sc6C5=CC4C=C2OC3(C(=O)OCc2ccccc2)C(=O)OCc2ccccc2)SC1=S. The molecule has 0 saturated carbocycles. The molecule has 2 unspecified atom stereocenters. The molecule has 14 nitrogen and oxygen atoms in total. The Morgan fingerprint density at radius 3 is 1.10 bits per heavy atom. The number of rotatable bonds is 16. The first-order valence-corrected chi connectivity index (χ1v) is 30.8. The van der Waals surface area contributed by atoms with Crippen LogP contribution in [-0.4, -0.2) is 67.2 Å². The number of ether oxygens (including phenoxy) is 6. The molecule has 2 aliphatic carbocycles. The zero-order valence-electron chi connectivity index (χ0n) is 44.8. The Morgan fingerprint density at radius 2 is 0.810 bits per heavy atom. The first kappa shape index (κ1) is 56.5. The normalized spacial score (nSPS) is 19.7. The Kier molecular flexibility index (Phi) is 15.9. The summed E-state index contributed by atoms with van der Waals surface area (Å²) >= 11 is 15.9. The number of thioether (sulfide) groups is 2. The highest BCUT2D eigenvalue weighted by molar-refractivity contribution is 8.27. The lowest BCUT2D eigenvalue weighted by atomic mass is 9.75. The van der Waals surface area contributed by atoms with Crippen LogP contribution in [-0.2, 0) is 94.8 Å². The van der Waals surface area contributed by atoms with Gasteiger partial charge in [0.2, 0.25) is 0 Å². The first-order valence-electron chi connectivity index (χ1n) is 26.7. The van der Waals surface area contributed by atoms with Gasteiger partial charge in [0.25, 0.3) is 11.8 Å². The quantitative estimate of drug-likeness (QED) is 0.0295. The van der Waals surface area contributed by atoms with Gasteiger partial charge in [-0.1, -0.05) is 181 Å². The number of hydrogen-bond acceptors (Lipinski definition) is 18. The molecule has 2 fully saturated rings. The molecule has 84 heavy (non-hydrogen) atoms. The Balaban J connectivity index is 1.00. The predicted octanol–water partition coefficient (Wildman–Crippen LogP) is 12.2. The lowest BCUT2D eigenvalue weighted by molar-refractivity contribution is -0.191. The molecule has 2 saturated heterocycles. The van der Waals surface area contributed by atoms with Gasteiger partial charge in [0.05, 0.1) is 9.81 Å². The van der Waals surface area contributed by atoms with E-state index in [1.807, 2.05) is 111 Å². The second-order valence-corrected chi connectivity index (χ2v) is 25.3. The highest BCUT2D eigenvalue weighted by Gasteiger charge is 2.62. The lowest BCUT2D eigenvalue weighted by Gasteiger charge is -2.41. The number of carbonyl (C=O) groups excluding carboxylic acids is 6. The number of thiocarbonyl (C=S) groups is 2. The van der Waals surface area contributed by atoms with Crippen LogP contribution in [0.5, 0.6) is 0 Å². The number of benzene rings is 4. The van der Waals surface area contributed by atoms with Crippen LogP contribution in [0.25, 0.3) is 23.3 Å². The molecule has 2 aromatic heterocycles. The molecular formula is C64H48N2O12S6. The van der Waals surface area contributed by atoms with Gasteiger partial charge in [0, 0.05) is 66.7 Å². The summed E-state index contributed by atoms with van der Waals surface area (Å²) in [5.41, 5.74) is -1.13. The van der Waals surface area contributed by atoms with Gasteiger partial charge in [0.1, 0.15) is 46.6 Å². The van der Waals surface area contributed by atoms with E-state index in [1.54, 1.807) is 72.8 Å². The van der Waals surface area contributed by atoms with Gasteiger partial charge < -0.3 is 28.4 Å². The fourth-order valence-electron chi connectivity index (χ4n) is 10.4. The molecule has 0 bridgehead atoms. The second kappa shape index (κ2) is 23.6. The van der Waals surface area contributed by atoms with E-state index in [4.69, 9.17) is 52.9 Å². The number of esters is 4. The van der Waals surface area contributed by atoms with Gasteiger partial charge in [-0.2, -0.15) is 0 Å². The molecule has 2 atom stereocenters. The van der Waals surface area contributed by atoms with E-state index in [0.29, 0.717) is 84.4 Å². The molecule has 0 N–H and O–H groups in total. The number of thiophene rings is 2. The maximum Gasteiger partial charge on any atom is 0.367 e. The van der Waals surface area contributed by atoms with Crippen LogP contribution in [0.2, 0.25) is 0 Å². The molecular weight excluding hydrogens is 1180 g/mol. The Bertz CT molecular complexity index is 3550. The van der Waals surface area contributed by atoms with E-state index >= 15 is 19.2 Å². The van der Waals surface area contributed by atoms with Gasteiger partial charge >= 0.3 is 35.1 Å². The van der Waals surface area contributed by atoms with Crippen molar-refractivity contribution in [3.8, 4) is 0 Å². The van der Waals surface area contributed by atoms with E-state index < -0.39 is 46.9 Å². The van der Waals surface area contributed by atoms with Crippen molar-refractivity contribution < 1.29 is 57.2 Å².